The molecular formula is C10H15BrN2O3S. The van der Waals surface area contributed by atoms with Crippen molar-refractivity contribution in [1.82, 2.24) is 4.72 Å². The number of nitrogen functional groups attached to an aromatic ring is 1. The highest BCUT2D eigenvalue weighted by Crippen LogP contribution is 2.23. The van der Waals surface area contributed by atoms with E-state index < -0.39 is 16.1 Å². The standard InChI is InChI=1S/C10H15BrN2O3S/c1-2-8(6-14)13-17(15,16)10-5-7(11)3-4-9(10)12/h3-5,8,13-14H,2,6,12H2,1H3. The van der Waals surface area contributed by atoms with Crippen LogP contribution in [0.4, 0.5) is 5.69 Å². The topological polar surface area (TPSA) is 92.4 Å². The van der Waals surface area contributed by atoms with Gasteiger partial charge < -0.3 is 10.8 Å². The molecule has 0 aliphatic rings. The Kier molecular flexibility index (Phi) is 4.93. The minimum atomic E-state index is -3.70. The van der Waals surface area contributed by atoms with Crippen molar-refractivity contribution >= 4 is 31.6 Å². The molecule has 17 heavy (non-hydrogen) atoms. The summed E-state index contributed by atoms with van der Waals surface area (Å²) in [6.07, 6.45) is 0.504. The van der Waals surface area contributed by atoms with Crippen molar-refractivity contribution in [2.45, 2.75) is 24.3 Å². The number of aliphatic hydroxyl groups is 1. The fraction of sp³-hybridized carbons (Fsp3) is 0.400. The lowest BCUT2D eigenvalue weighted by Crippen LogP contribution is -2.37. The predicted octanol–water partition coefficient (Wildman–Crippen LogP) is 1.08. The second-order valence-electron chi connectivity index (χ2n) is 3.59. The Balaban J connectivity index is 3.09. The van der Waals surface area contributed by atoms with E-state index in [0.717, 1.165) is 0 Å². The first-order valence-corrected chi connectivity index (χ1v) is 7.36. The lowest BCUT2D eigenvalue weighted by atomic mass is 10.3. The van der Waals surface area contributed by atoms with E-state index in [0.29, 0.717) is 10.9 Å². The molecule has 0 fully saturated rings. The molecule has 0 amide bonds. The van der Waals surface area contributed by atoms with Gasteiger partial charge in [0.05, 0.1) is 12.3 Å². The zero-order valence-corrected chi connectivity index (χ0v) is 11.8. The molecule has 0 aliphatic heterocycles. The third kappa shape index (κ3) is 3.67. The van der Waals surface area contributed by atoms with Gasteiger partial charge in [-0.15, -0.1) is 0 Å². The Morgan fingerprint density at radius 3 is 2.71 bits per heavy atom. The quantitative estimate of drug-likeness (QED) is 0.707. The molecule has 0 saturated carbocycles. The van der Waals surface area contributed by atoms with Gasteiger partial charge in [-0.1, -0.05) is 22.9 Å². The van der Waals surface area contributed by atoms with E-state index in [1.165, 1.54) is 12.1 Å². The molecule has 1 rings (SSSR count). The van der Waals surface area contributed by atoms with Gasteiger partial charge in [0.2, 0.25) is 10.0 Å². The molecular weight excluding hydrogens is 308 g/mol. The van der Waals surface area contributed by atoms with Gasteiger partial charge in [0.15, 0.2) is 0 Å². The number of nitrogens with two attached hydrogens (primary N) is 1. The van der Waals surface area contributed by atoms with E-state index in [1.807, 2.05) is 0 Å². The number of hydrogen-bond donors (Lipinski definition) is 3. The van der Waals surface area contributed by atoms with Gasteiger partial charge >= 0.3 is 0 Å². The van der Waals surface area contributed by atoms with Gasteiger partial charge in [-0.25, -0.2) is 13.1 Å². The normalized spacial score (nSPS) is 13.6. The van der Waals surface area contributed by atoms with Crippen LogP contribution in [0, 0.1) is 0 Å². The third-order valence-electron chi connectivity index (χ3n) is 2.30. The van der Waals surface area contributed by atoms with Crippen LogP contribution in [-0.2, 0) is 10.0 Å². The summed E-state index contributed by atoms with van der Waals surface area (Å²) in [5.74, 6) is 0. The molecule has 0 spiro atoms. The van der Waals surface area contributed by atoms with Crippen LogP contribution in [0.25, 0.3) is 0 Å². The second kappa shape index (κ2) is 5.81. The van der Waals surface area contributed by atoms with E-state index in [9.17, 15) is 8.42 Å². The Labute approximate surface area is 109 Å². The monoisotopic (exact) mass is 322 g/mol. The molecule has 5 nitrogen and oxygen atoms in total. The number of nitrogens with one attached hydrogen (secondary N) is 1. The number of anilines is 1. The number of aliphatic hydroxyl groups excluding tert-OH is 1. The Hall–Kier alpha value is -0.630. The van der Waals surface area contributed by atoms with Crippen molar-refractivity contribution in [1.29, 1.82) is 0 Å². The van der Waals surface area contributed by atoms with Gasteiger partial charge in [0.25, 0.3) is 0 Å². The average molecular weight is 323 g/mol. The van der Waals surface area contributed by atoms with Crippen LogP contribution in [0.3, 0.4) is 0 Å². The summed E-state index contributed by atoms with van der Waals surface area (Å²) in [5.41, 5.74) is 5.81. The van der Waals surface area contributed by atoms with Crippen molar-refractivity contribution in [2.24, 2.45) is 0 Å². The molecule has 0 heterocycles. The van der Waals surface area contributed by atoms with E-state index in [-0.39, 0.29) is 17.2 Å². The Morgan fingerprint density at radius 2 is 2.18 bits per heavy atom. The summed E-state index contributed by atoms with van der Waals surface area (Å²) in [6.45, 7) is 1.54. The van der Waals surface area contributed by atoms with Gasteiger partial charge in [-0.2, -0.15) is 0 Å². The molecule has 96 valence electrons. The zero-order chi connectivity index (χ0) is 13.1. The van der Waals surface area contributed by atoms with Crippen LogP contribution >= 0.6 is 15.9 Å². The van der Waals surface area contributed by atoms with Crippen LogP contribution in [0.15, 0.2) is 27.6 Å². The lowest BCUT2D eigenvalue weighted by Gasteiger charge is -2.15. The highest BCUT2D eigenvalue weighted by molar-refractivity contribution is 9.10. The van der Waals surface area contributed by atoms with E-state index in [1.54, 1.807) is 13.0 Å². The molecule has 4 N–H and O–H groups in total. The molecule has 1 atom stereocenters. The van der Waals surface area contributed by atoms with Crippen LogP contribution in [-0.4, -0.2) is 26.2 Å². The molecule has 1 aromatic rings. The minimum absolute atomic E-state index is 0.0128. The van der Waals surface area contributed by atoms with Crippen LogP contribution in [0.5, 0.6) is 0 Å². The van der Waals surface area contributed by atoms with E-state index in [4.69, 9.17) is 10.8 Å². The largest absolute Gasteiger partial charge is 0.398 e. The molecule has 0 bridgehead atoms. The predicted molar refractivity (Wildman–Crippen MR) is 70.0 cm³/mol. The maximum atomic E-state index is 12.0. The summed E-state index contributed by atoms with van der Waals surface area (Å²) in [4.78, 5) is 0.0128. The van der Waals surface area contributed by atoms with Crippen molar-refractivity contribution < 1.29 is 13.5 Å². The minimum Gasteiger partial charge on any atom is -0.398 e. The van der Waals surface area contributed by atoms with Crippen LogP contribution in [0.2, 0.25) is 0 Å². The number of rotatable bonds is 5. The molecule has 0 aromatic heterocycles. The smallest absolute Gasteiger partial charge is 0.242 e. The van der Waals surface area contributed by atoms with Crippen molar-refractivity contribution in [3.63, 3.8) is 0 Å². The van der Waals surface area contributed by atoms with E-state index in [2.05, 4.69) is 20.7 Å². The average Bonchev–Trinajstić information content (AvgIpc) is 2.29. The van der Waals surface area contributed by atoms with Gasteiger partial charge in [-0.05, 0) is 24.6 Å². The van der Waals surface area contributed by atoms with Crippen molar-refractivity contribution in [3.8, 4) is 0 Å². The molecule has 1 unspecified atom stereocenters. The highest BCUT2D eigenvalue weighted by atomic mass is 79.9. The lowest BCUT2D eigenvalue weighted by molar-refractivity contribution is 0.254. The zero-order valence-electron chi connectivity index (χ0n) is 9.35. The first kappa shape index (κ1) is 14.4. The molecule has 0 radical (unpaired) electrons. The highest BCUT2D eigenvalue weighted by Gasteiger charge is 2.21. The maximum Gasteiger partial charge on any atom is 0.242 e. The fourth-order valence-corrected chi connectivity index (χ4v) is 3.25. The molecule has 0 saturated heterocycles. The summed E-state index contributed by atoms with van der Waals surface area (Å²) in [7, 11) is -3.70. The second-order valence-corrected chi connectivity index (χ2v) is 6.19. The summed E-state index contributed by atoms with van der Waals surface area (Å²) in [6, 6.07) is 4.11. The molecule has 1 aromatic carbocycles. The summed E-state index contributed by atoms with van der Waals surface area (Å²) < 4.78 is 27.0. The summed E-state index contributed by atoms with van der Waals surface area (Å²) in [5, 5.41) is 8.99. The number of benzene rings is 1. The van der Waals surface area contributed by atoms with Crippen molar-refractivity contribution in [2.75, 3.05) is 12.3 Å². The van der Waals surface area contributed by atoms with Gasteiger partial charge in [-0.3, -0.25) is 0 Å². The molecule has 0 aliphatic carbocycles. The SMILES string of the molecule is CCC(CO)NS(=O)(=O)c1cc(Br)ccc1N. The Bertz CT molecular complexity index is 486. The first-order chi connectivity index (χ1) is 7.90. The van der Waals surface area contributed by atoms with Gasteiger partial charge in [0, 0.05) is 10.5 Å². The van der Waals surface area contributed by atoms with Gasteiger partial charge in [0.1, 0.15) is 4.90 Å². The molecule has 7 heteroatoms. The first-order valence-electron chi connectivity index (χ1n) is 5.09. The van der Waals surface area contributed by atoms with E-state index >= 15 is 0 Å². The third-order valence-corrected chi connectivity index (χ3v) is 4.37. The Morgan fingerprint density at radius 1 is 1.53 bits per heavy atom. The number of sulfonamides is 1. The van der Waals surface area contributed by atoms with Crippen LogP contribution < -0.4 is 10.5 Å². The summed E-state index contributed by atoms with van der Waals surface area (Å²) >= 11 is 3.19. The number of halogens is 1. The fourth-order valence-electron chi connectivity index (χ4n) is 1.27. The number of hydrogen-bond acceptors (Lipinski definition) is 4. The van der Waals surface area contributed by atoms with Crippen molar-refractivity contribution in [3.05, 3.63) is 22.7 Å². The maximum absolute atomic E-state index is 12.0. The van der Waals surface area contributed by atoms with Crippen LogP contribution in [0.1, 0.15) is 13.3 Å².